The standard InChI is InChI=1S/C28H33N3O3S/c1-17(2)31-23-12-18(3)20(13-22(23)19(4)15-28(31,5)6)14-24-26(33)30(27(34)35-24)16-25(32)29-21-10-8-7-9-11-21/h7-14,17,19H,15-16H2,1-6H3,(H,29,32)/b24-14-. The van der Waals surface area contributed by atoms with Crippen molar-refractivity contribution >= 4 is 46.3 Å². The Hall–Kier alpha value is -3.06. The zero-order valence-corrected chi connectivity index (χ0v) is 22.0. The molecule has 2 aromatic rings. The number of hydrogen-bond acceptors (Lipinski definition) is 5. The summed E-state index contributed by atoms with van der Waals surface area (Å²) in [5.74, 6) is -0.465. The van der Waals surface area contributed by atoms with Gasteiger partial charge >= 0.3 is 0 Å². The molecular formula is C28H33N3O3S. The van der Waals surface area contributed by atoms with Gasteiger partial charge in [-0.05, 0) is 106 Å². The van der Waals surface area contributed by atoms with E-state index >= 15 is 0 Å². The van der Waals surface area contributed by atoms with Gasteiger partial charge in [-0.25, -0.2) is 0 Å². The molecule has 7 heteroatoms. The van der Waals surface area contributed by atoms with Crippen molar-refractivity contribution in [3.05, 3.63) is 64.1 Å². The maximum absolute atomic E-state index is 13.0. The third-order valence-electron chi connectivity index (χ3n) is 6.70. The van der Waals surface area contributed by atoms with Crippen LogP contribution in [0.5, 0.6) is 0 Å². The molecule has 6 nitrogen and oxygen atoms in total. The fourth-order valence-corrected chi connectivity index (χ4v) is 6.22. The maximum atomic E-state index is 13.0. The molecule has 1 unspecified atom stereocenters. The van der Waals surface area contributed by atoms with Crippen LogP contribution < -0.4 is 10.2 Å². The zero-order chi connectivity index (χ0) is 25.5. The molecule has 0 spiro atoms. The van der Waals surface area contributed by atoms with Gasteiger partial charge in [-0.2, -0.15) is 0 Å². The maximum Gasteiger partial charge on any atom is 0.294 e. The van der Waals surface area contributed by atoms with Crippen molar-refractivity contribution in [3.8, 4) is 0 Å². The van der Waals surface area contributed by atoms with Crippen molar-refractivity contribution in [3.63, 3.8) is 0 Å². The number of rotatable bonds is 5. The number of fused-ring (bicyclic) bond motifs is 1. The molecule has 1 atom stereocenters. The molecule has 2 aliphatic rings. The van der Waals surface area contributed by atoms with E-state index in [1.807, 2.05) is 25.1 Å². The van der Waals surface area contributed by atoms with Gasteiger partial charge in [0, 0.05) is 23.0 Å². The predicted molar refractivity (Wildman–Crippen MR) is 144 cm³/mol. The largest absolute Gasteiger partial charge is 0.364 e. The molecule has 1 N–H and O–H groups in total. The molecule has 0 saturated carbocycles. The molecule has 0 aliphatic carbocycles. The number of nitrogens with one attached hydrogen (secondary N) is 1. The number of benzene rings is 2. The molecule has 3 amide bonds. The number of carbonyl (C=O) groups excluding carboxylic acids is 3. The normalized spacial score (nSPS) is 20.5. The molecule has 35 heavy (non-hydrogen) atoms. The Morgan fingerprint density at radius 3 is 2.54 bits per heavy atom. The van der Waals surface area contributed by atoms with E-state index in [1.165, 1.54) is 11.3 Å². The summed E-state index contributed by atoms with van der Waals surface area (Å²) < 4.78 is 0. The van der Waals surface area contributed by atoms with Gasteiger partial charge in [0.25, 0.3) is 11.1 Å². The monoisotopic (exact) mass is 491 g/mol. The summed E-state index contributed by atoms with van der Waals surface area (Å²) >= 11 is 0.885. The van der Waals surface area contributed by atoms with Crippen molar-refractivity contribution in [2.75, 3.05) is 16.8 Å². The van der Waals surface area contributed by atoms with Crippen LogP contribution >= 0.6 is 11.8 Å². The van der Waals surface area contributed by atoms with Crippen molar-refractivity contribution in [2.45, 2.75) is 65.5 Å². The van der Waals surface area contributed by atoms with E-state index in [9.17, 15) is 14.4 Å². The van der Waals surface area contributed by atoms with Crippen LogP contribution in [0.3, 0.4) is 0 Å². The number of nitrogens with zero attached hydrogens (tertiary/aromatic N) is 2. The Morgan fingerprint density at radius 1 is 1.20 bits per heavy atom. The number of thioether (sulfide) groups is 1. The van der Waals surface area contributed by atoms with E-state index in [2.05, 4.69) is 57.0 Å². The van der Waals surface area contributed by atoms with Gasteiger partial charge in [0.2, 0.25) is 5.91 Å². The lowest BCUT2D eigenvalue weighted by Gasteiger charge is -2.50. The van der Waals surface area contributed by atoms with Gasteiger partial charge < -0.3 is 10.2 Å². The van der Waals surface area contributed by atoms with Crippen LogP contribution in [-0.4, -0.2) is 40.1 Å². The van der Waals surface area contributed by atoms with Gasteiger partial charge in [-0.1, -0.05) is 25.1 Å². The van der Waals surface area contributed by atoms with Crippen molar-refractivity contribution < 1.29 is 14.4 Å². The lowest BCUT2D eigenvalue weighted by molar-refractivity contribution is -0.127. The molecule has 0 bridgehead atoms. The second-order valence-electron chi connectivity index (χ2n) is 10.3. The second kappa shape index (κ2) is 9.53. The summed E-state index contributed by atoms with van der Waals surface area (Å²) in [5, 5.41) is 2.29. The summed E-state index contributed by atoms with van der Waals surface area (Å²) in [5.41, 5.74) is 5.15. The highest BCUT2D eigenvalue weighted by Gasteiger charge is 2.39. The number of hydrogen-bond donors (Lipinski definition) is 1. The fourth-order valence-electron chi connectivity index (χ4n) is 5.39. The zero-order valence-electron chi connectivity index (χ0n) is 21.2. The first-order valence-electron chi connectivity index (χ1n) is 12.0. The highest BCUT2D eigenvalue weighted by molar-refractivity contribution is 8.18. The lowest BCUT2D eigenvalue weighted by Crippen LogP contribution is -2.51. The van der Waals surface area contributed by atoms with E-state index < -0.39 is 17.1 Å². The Morgan fingerprint density at radius 2 is 1.89 bits per heavy atom. The topological polar surface area (TPSA) is 69.7 Å². The minimum atomic E-state index is -0.432. The molecule has 1 fully saturated rings. The lowest BCUT2D eigenvalue weighted by atomic mass is 9.78. The molecule has 0 radical (unpaired) electrons. The number of anilines is 2. The van der Waals surface area contributed by atoms with Gasteiger partial charge in [-0.15, -0.1) is 0 Å². The van der Waals surface area contributed by atoms with Gasteiger partial charge in [0.1, 0.15) is 6.54 Å². The number of amides is 3. The predicted octanol–water partition coefficient (Wildman–Crippen LogP) is 6.17. The van der Waals surface area contributed by atoms with Gasteiger partial charge in [-0.3, -0.25) is 19.3 Å². The molecule has 4 rings (SSSR count). The SMILES string of the molecule is Cc1cc2c(cc1/C=C1\SC(=O)N(CC(=O)Nc3ccccc3)C1=O)C(C)CC(C)(C)N2C(C)C. The van der Waals surface area contributed by atoms with Crippen molar-refractivity contribution in [2.24, 2.45) is 0 Å². The first kappa shape index (κ1) is 25.0. The van der Waals surface area contributed by atoms with Crippen molar-refractivity contribution in [1.29, 1.82) is 0 Å². The Balaban J connectivity index is 1.58. The number of aryl methyl sites for hydroxylation is 1. The Kier molecular flexibility index (Phi) is 6.82. The fraction of sp³-hybridized carbons (Fsp3) is 0.393. The minimum absolute atomic E-state index is 0.0531. The average molecular weight is 492 g/mol. The number of carbonyl (C=O) groups is 3. The van der Waals surface area contributed by atoms with Crippen LogP contribution in [0.15, 0.2) is 47.4 Å². The van der Waals surface area contributed by atoms with Crippen LogP contribution in [0, 0.1) is 6.92 Å². The first-order valence-corrected chi connectivity index (χ1v) is 12.8. The van der Waals surface area contributed by atoms with Crippen LogP contribution in [0.4, 0.5) is 16.2 Å². The third kappa shape index (κ3) is 5.01. The van der Waals surface area contributed by atoms with E-state index in [0.717, 1.165) is 34.2 Å². The number of imide groups is 1. The summed E-state index contributed by atoms with van der Waals surface area (Å²) in [6.07, 6.45) is 2.83. The van der Waals surface area contributed by atoms with Gasteiger partial charge in [0.15, 0.2) is 0 Å². The minimum Gasteiger partial charge on any atom is -0.364 e. The van der Waals surface area contributed by atoms with Crippen LogP contribution in [0.25, 0.3) is 6.08 Å². The quantitative estimate of drug-likeness (QED) is 0.507. The van der Waals surface area contributed by atoms with E-state index in [0.29, 0.717) is 22.6 Å². The van der Waals surface area contributed by atoms with Gasteiger partial charge in [0.05, 0.1) is 4.91 Å². The third-order valence-corrected chi connectivity index (χ3v) is 7.61. The second-order valence-corrected chi connectivity index (χ2v) is 11.3. The highest BCUT2D eigenvalue weighted by Crippen LogP contribution is 2.46. The molecule has 2 heterocycles. The van der Waals surface area contributed by atoms with E-state index in [4.69, 9.17) is 0 Å². The molecular weight excluding hydrogens is 458 g/mol. The summed E-state index contributed by atoms with van der Waals surface area (Å²) in [6.45, 7) is 13.0. The summed E-state index contributed by atoms with van der Waals surface area (Å²) in [6, 6.07) is 13.7. The molecule has 0 aromatic heterocycles. The van der Waals surface area contributed by atoms with Crippen molar-refractivity contribution in [1.82, 2.24) is 4.90 Å². The first-order chi connectivity index (χ1) is 16.5. The summed E-state index contributed by atoms with van der Waals surface area (Å²) in [7, 11) is 0. The molecule has 1 saturated heterocycles. The Labute approximate surface area is 211 Å². The summed E-state index contributed by atoms with van der Waals surface area (Å²) in [4.78, 5) is 41.9. The molecule has 184 valence electrons. The number of para-hydroxylation sites is 1. The molecule has 2 aromatic carbocycles. The Bertz CT molecular complexity index is 1200. The van der Waals surface area contributed by atoms with E-state index in [1.54, 1.807) is 18.2 Å². The molecule has 2 aliphatic heterocycles. The smallest absolute Gasteiger partial charge is 0.294 e. The van der Waals surface area contributed by atoms with Crippen LogP contribution in [-0.2, 0) is 9.59 Å². The van der Waals surface area contributed by atoms with Crippen LogP contribution in [0.1, 0.15) is 63.6 Å². The van der Waals surface area contributed by atoms with Crippen LogP contribution in [0.2, 0.25) is 0 Å². The average Bonchev–Trinajstić information content (AvgIpc) is 3.02. The van der Waals surface area contributed by atoms with E-state index in [-0.39, 0.29) is 12.1 Å². The highest BCUT2D eigenvalue weighted by atomic mass is 32.2.